The van der Waals surface area contributed by atoms with Gasteiger partial charge in [-0.2, -0.15) is 0 Å². The molecule has 1 radical (unpaired) electrons. The van der Waals surface area contributed by atoms with Crippen LogP contribution in [0.5, 0.6) is 0 Å². The fourth-order valence-electron chi connectivity index (χ4n) is 2.48. The van der Waals surface area contributed by atoms with Crippen LogP contribution in [0, 0.1) is 6.08 Å². The van der Waals surface area contributed by atoms with Crippen molar-refractivity contribution in [3.63, 3.8) is 0 Å². The van der Waals surface area contributed by atoms with E-state index in [4.69, 9.17) is 4.99 Å². The molecule has 0 saturated heterocycles. The van der Waals surface area contributed by atoms with Crippen molar-refractivity contribution in [2.45, 2.75) is 26.7 Å². The van der Waals surface area contributed by atoms with E-state index in [0.29, 0.717) is 0 Å². The van der Waals surface area contributed by atoms with E-state index >= 15 is 0 Å². The Morgan fingerprint density at radius 2 is 1.67 bits per heavy atom. The SMILES string of the molecule is CCC1=[C-]C2=C(c3ccccc3)C(CC)=NC2=C1.[Cl-].[Cl-].[Zr+3]. The zero-order valence-electron chi connectivity index (χ0n) is 12.1. The third kappa shape index (κ3) is 3.86. The van der Waals surface area contributed by atoms with Gasteiger partial charge in [0.1, 0.15) is 0 Å². The normalized spacial score (nSPS) is 15.0. The molecule has 4 heteroatoms. The van der Waals surface area contributed by atoms with E-state index in [1.54, 1.807) is 0 Å². The molecule has 0 fully saturated rings. The smallest absolute Gasteiger partial charge is 1.00 e. The predicted molar refractivity (Wildman–Crippen MR) is 76.2 cm³/mol. The number of aliphatic imine (C=N–C) groups is 1. The Morgan fingerprint density at radius 1 is 1.00 bits per heavy atom. The molecule has 1 aromatic carbocycles. The van der Waals surface area contributed by atoms with Gasteiger partial charge in [0.25, 0.3) is 0 Å². The first-order valence-electron chi connectivity index (χ1n) is 6.56. The van der Waals surface area contributed by atoms with Gasteiger partial charge in [-0.25, -0.2) is 0 Å². The van der Waals surface area contributed by atoms with Gasteiger partial charge in [0.05, 0.1) is 0 Å². The van der Waals surface area contributed by atoms with Crippen LogP contribution in [0.3, 0.4) is 0 Å². The molecule has 1 heterocycles. The van der Waals surface area contributed by atoms with Gasteiger partial charge in [0.2, 0.25) is 0 Å². The van der Waals surface area contributed by atoms with Crippen molar-refractivity contribution < 1.29 is 51.0 Å². The summed E-state index contributed by atoms with van der Waals surface area (Å²) in [5, 5.41) is 0. The fourth-order valence-corrected chi connectivity index (χ4v) is 2.48. The number of allylic oxidation sites excluding steroid dienone is 4. The summed E-state index contributed by atoms with van der Waals surface area (Å²) in [4.78, 5) is 4.74. The molecule has 0 bridgehead atoms. The maximum absolute atomic E-state index is 4.74. The monoisotopic (exact) mass is 394 g/mol. The summed E-state index contributed by atoms with van der Waals surface area (Å²) in [5.41, 5.74) is 7.25. The van der Waals surface area contributed by atoms with Crippen LogP contribution < -0.4 is 24.8 Å². The molecule has 0 amide bonds. The molecule has 0 aromatic heterocycles. The van der Waals surface area contributed by atoms with E-state index in [-0.39, 0.29) is 51.0 Å². The van der Waals surface area contributed by atoms with Gasteiger partial charge in [-0.1, -0.05) is 61.0 Å². The maximum Gasteiger partial charge on any atom is 3.00 e. The zero-order chi connectivity index (χ0) is 12.5. The van der Waals surface area contributed by atoms with Crippen LogP contribution in [-0.2, 0) is 26.2 Å². The molecular weight excluding hydrogens is 380 g/mol. The van der Waals surface area contributed by atoms with Crippen LogP contribution in [0.25, 0.3) is 5.57 Å². The van der Waals surface area contributed by atoms with Gasteiger partial charge in [-0.05, 0) is 18.6 Å². The Bertz CT molecular complexity index is 613. The fraction of sp³-hybridized carbons (Fsp3) is 0.235. The largest absolute Gasteiger partial charge is 3.00 e. The minimum atomic E-state index is 0. The van der Waals surface area contributed by atoms with Gasteiger partial charge >= 0.3 is 26.2 Å². The quantitative estimate of drug-likeness (QED) is 0.543. The van der Waals surface area contributed by atoms with Gasteiger partial charge in [0, 0.05) is 0 Å². The van der Waals surface area contributed by atoms with Crippen molar-refractivity contribution in [1.29, 1.82) is 0 Å². The molecule has 1 aliphatic carbocycles. The van der Waals surface area contributed by atoms with Gasteiger partial charge in [-0.15, -0.1) is 23.3 Å². The molecule has 0 spiro atoms. The maximum atomic E-state index is 4.74. The first-order valence-corrected chi connectivity index (χ1v) is 6.56. The Kier molecular flexibility index (Phi) is 8.70. The number of nitrogens with zero attached hydrogens (tertiary/aromatic N) is 1. The van der Waals surface area contributed by atoms with Crippen molar-refractivity contribution >= 4 is 11.3 Å². The van der Waals surface area contributed by atoms with Crippen molar-refractivity contribution in [2.24, 2.45) is 4.99 Å². The molecular formula is C17H16Cl2NZr. The molecule has 0 unspecified atom stereocenters. The summed E-state index contributed by atoms with van der Waals surface area (Å²) < 4.78 is 0. The molecule has 0 N–H and O–H groups in total. The first-order chi connectivity index (χ1) is 8.83. The molecule has 1 nitrogen and oxygen atoms in total. The van der Waals surface area contributed by atoms with Gasteiger partial charge in [-0.3, -0.25) is 0 Å². The summed E-state index contributed by atoms with van der Waals surface area (Å²) >= 11 is 0. The number of halogens is 2. The summed E-state index contributed by atoms with van der Waals surface area (Å²) in [6.45, 7) is 4.32. The van der Waals surface area contributed by atoms with Crippen LogP contribution in [0.2, 0.25) is 0 Å². The van der Waals surface area contributed by atoms with Crippen molar-refractivity contribution in [1.82, 2.24) is 0 Å². The van der Waals surface area contributed by atoms with Crippen molar-refractivity contribution in [3.05, 3.63) is 64.9 Å². The molecule has 1 aliphatic heterocycles. The molecule has 107 valence electrons. The van der Waals surface area contributed by atoms with E-state index in [2.05, 4.69) is 56.3 Å². The van der Waals surface area contributed by atoms with Crippen LogP contribution in [0.4, 0.5) is 0 Å². The van der Waals surface area contributed by atoms with Crippen LogP contribution in [0.15, 0.2) is 58.2 Å². The molecule has 2 aliphatic rings. The number of fused-ring (bicyclic) bond motifs is 1. The average molecular weight is 396 g/mol. The zero-order valence-corrected chi connectivity index (χ0v) is 16.1. The van der Waals surface area contributed by atoms with Gasteiger partial charge in [0.15, 0.2) is 0 Å². The second kappa shape index (κ2) is 8.88. The molecule has 1 aromatic rings. The Balaban J connectivity index is 0.00000133. The van der Waals surface area contributed by atoms with Gasteiger partial charge < -0.3 is 29.8 Å². The minimum Gasteiger partial charge on any atom is -1.00 e. The Hall–Kier alpha value is -0.427. The van der Waals surface area contributed by atoms with Crippen LogP contribution in [-0.4, -0.2) is 5.71 Å². The first kappa shape index (κ1) is 20.6. The summed E-state index contributed by atoms with van der Waals surface area (Å²) in [6.07, 6.45) is 7.66. The average Bonchev–Trinajstić information content (AvgIpc) is 2.95. The Morgan fingerprint density at radius 3 is 2.24 bits per heavy atom. The van der Waals surface area contributed by atoms with E-state index in [9.17, 15) is 0 Å². The second-order valence-electron chi connectivity index (χ2n) is 4.56. The molecule has 3 rings (SSSR count). The summed E-state index contributed by atoms with van der Waals surface area (Å²) in [6, 6.07) is 10.5. The third-order valence-corrected chi connectivity index (χ3v) is 3.42. The number of benzene rings is 1. The van der Waals surface area contributed by atoms with Crippen LogP contribution in [0.1, 0.15) is 32.3 Å². The third-order valence-electron chi connectivity index (χ3n) is 3.42. The predicted octanol–water partition coefficient (Wildman–Crippen LogP) is -1.65. The van der Waals surface area contributed by atoms with Crippen LogP contribution >= 0.6 is 0 Å². The molecule has 21 heavy (non-hydrogen) atoms. The number of hydrogen-bond donors (Lipinski definition) is 0. The van der Waals surface area contributed by atoms with E-state index in [1.807, 2.05) is 0 Å². The van der Waals surface area contributed by atoms with E-state index in [0.717, 1.165) is 18.5 Å². The molecule has 0 saturated carbocycles. The standard InChI is InChI=1S/C17H16N.2ClH.Zr/c1-3-12-10-14-16(11-12)18-15(4-2)17(14)13-8-6-5-7-9-13;;;/h5-9,11H,3-4H2,1-2H3;2*1H;/q-1;;;+3/p-2. The molecule has 0 atom stereocenters. The number of hydrogen-bond acceptors (Lipinski definition) is 1. The van der Waals surface area contributed by atoms with Crippen molar-refractivity contribution in [2.75, 3.05) is 0 Å². The topological polar surface area (TPSA) is 12.4 Å². The number of rotatable bonds is 3. The minimum absolute atomic E-state index is 0. The van der Waals surface area contributed by atoms with E-state index in [1.165, 1.54) is 28.0 Å². The van der Waals surface area contributed by atoms with E-state index < -0.39 is 0 Å². The summed E-state index contributed by atoms with van der Waals surface area (Å²) in [5.74, 6) is 0. The summed E-state index contributed by atoms with van der Waals surface area (Å²) in [7, 11) is 0. The second-order valence-corrected chi connectivity index (χ2v) is 4.56. The Labute approximate surface area is 158 Å². The van der Waals surface area contributed by atoms with Crippen molar-refractivity contribution in [3.8, 4) is 0 Å².